The van der Waals surface area contributed by atoms with Crippen molar-refractivity contribution in [3.8, 4) is 0 Å². The molecule has 0 radical (unpaired) electrons. The van der Waals surface area contributed by atoms with E-state index < -0.39 is 358 Å². The number of carbonyl (C=O) groups is 4. The molecule has 646 valence electrons. The van der Waals surface area contributed by atoms with E-state index in [9.17, 15) is 142 Å². The first kappa shape index (κ1) is 91.4. The molecule has 0 bridgehead atoms. The zero-order valence-electron chi connectivity index (χ0n) is 60.5. The average molecular weight is 1640 g/mol. The summed E-state index contributed by atoms with van der Waals surface area (Å²) in [5.41, 5.74) is 0. The number of aliphatic hydroxyl groups excluding tert-OH is 24. The van der Waals surface area contributed by atoms with E-state index in [4.69, 9.17) is 80.5 Å². The molecular formula is C63H104N4O45. The number of carbonyl (C=O) groups excluding carboxylic acids is 4. The Morgan fingerprint density at radius 1 is 0.304 bits per heavy atom. The van der Waals surface area contributed by atoms with E-state index in [1.54, 1.807) is 0 Å². The maximum atomic E-state index is 13.0. The minimum Gasteiger partial charge on any atom is -0.504 e. The Morgan fingerprint density at radius 3 is 1.06 bits per heavy atom. The van der Waals surface area contributed by atoms with Crippen LogP contribution in [0.1, 0.15) is 34.6 Å². The molecule has 49 heteroatoms. The second kappa shape index (κ2) is 39.8. The highest BCUT2D eigenvalue weighted by Gasteiger charge is 2.61. The summed E-state index contributed by atoms with van der Waals surface area (Å²) in [6, 6.07) is -6.93. The first-order valence-electron chi connectivity index (χ1n) is 35.7. The SMILES string of the molecule is CC(=O)NC1C(O)[C@H](OC2=C(O)C(O)[C@@H](O)C(CO)O2)C(CO)O[C@H]1OC1C(O)[C@H](O)C(CO)O[C@@H]1OC1C(O)[C@H](O[C@@H]2C(CO)O[C@@H](O[C@@H]3C(CO)O[C@@H](C)C(NC(C)=O)C3O)C(NC(C)=O)C2O)OC(CO[C@H]2OC(CO)[C@@H](O)C(O)C2O[C@@H]2OC(CO)[C@@H](O[C@@H]3OC(CO)[C@H](O)C(O)C3O)C(O)C2NC(C)=O)[C@H]1O. The van der Waals surface area contributed by atoms with Crippen molar-refractivity contribution in [2.24, 2.45) is 0 Å². The Kier molecular flexibility index (Phi) is 32.5. The summed E-state index contributed by atoms with van der Waals surface area (Å²) in [6.45, 7) is -4.21. The molecule has 9 rings (SSSR count). The van der Waals surface area contributed by atoms with Crippen molar-refractivity contribution in [3.63, 3.8) is 0 Å². The quantitative estimate of drug-likeness (QED) is 0.0331. The lowest BCUT2D eigenvalue weighted by atomic mass is 9.92. The lowest BCUT2D eigenvalue weighted by Gasteiger charge is -2.51. The lowest BCUT2D eigenvalue weighted by Crippen LogP contribution is -2.70. The molecule has 49 nitrogen and oxygen atoms in total. The summed E-state index contributed by atoms with van der Waals surface area (Å²) in [6.07, 6.45) is -79.2. The van der Waals surface area contributed by atoms with Crippen molar-refractivity contribution in [1.29, 1.82) is 0 Å². The predicted octanol–water partition coefficient (Wildman–Crippen LogP) is -17.9. The summed E-state index contributed by atoms with van der Waals surface area (Å²) >= 11 is 0. The fraction of sp³-hybridized carbons (Fsp3) is 0.905. The number of hydrogen-bond donors (Lipinski definition) is 28. The van der Waals surface area contributed by atoms with Crippen molar-refractivity contribution >= 4 is 23.6 Å². The van der Waals surface area contributed by atoms with Crippen LogP contribution in [0.25, 0.3) is 0 Å². The van der Waals surface area contributed by atoms with Crippen LogP contribution in [0.5, 0.6) is 0 Å². The summed E-state index contributed by atoms with van der Waals surface area (Å²) in [4.78, 5) is 51.1. The van der Waals surface area contributed by atoms with Crippen LogP contribution in [0, 0.1) is 0 Å². The van der Waals surface area contributed by atoms with Gasteiger partial charge in [-0.1, -0.05) is 0 Å². The van der Waals surface area contributed by atoms with E-state index >= 15 is 0 Å². The number of aliphatic hydroxyl groups is 24. The van der Waals surface area contributed by atoms with E-state index in [1.165, 1.54) is 6.92 Å². The molecular weight excluding hydrogens is 1530 g/mol. The molecule has 8 saturated heterocycles. The van der Waals surface area contributed by atoms with E-state index in [1.807, 2.05) is 0 Å². The van der Waals surface area contributed by atoms with Crippen molar-refractivity contribution < 1.29 is 222 Å². The monoisotopic (exact) mass is 1640 g/mol. The van der Waals surface area contributed by atoms with E-state index in [-0.39, 0.29) is 0 Å². The second-order valence-corrected chi connectivity index (χ2v) is 28.2. The zero-order valence-corrected chi connectivity index (χ0v) is 60.5. The Hall–Kier alpha value is -4.50. The molecule has 0 spiro atoms. The zero-order chi connectivity index (χ0) is 82.5. The third-order valence-electron chi connectivity index (χ3n) is 20.4. The van der Waals surface area contributed by atoms with Gasteiger partial charge in [-0.15, -0.1) is 0 Å². The van der Waals surface area contributed by atoms with E-state index in [0.717, 1.165) is 27.7 Å². The predicted molar refractivity (Wildman–Crippen MR) is 347 cm³/mol. The van der Waals surface area contributed by atoms with Crippen LogP contribution in [-0.2, 0) is 99.7 Å². The maximum Gasteiger partial charge on any atom is 0.322 e. The minimum atomic E-state index is -2.56. The van der Waals surface area contributed by atoms with E-state index in [0.29, 0.717) is 0 Å². The fourth-order valence-electron chi connectivity index (χ4n) is 14.5. The van der Waals surface area contributed by atoms with Crippen molar-refractivity contribution in [3.05, 3.63) is 11.7 Å². The van der Waals surface area contributed by atoms with Crippen molar-refractivity contribution in [2.75, 3.05) is 59.5 Å². The Morgan fingerprint density at radius 2 is 0.625 bits per heavy atom. The van der Waals surface area contributed by atoms with Gasteiger partial charge in [0.2, 0.25) is 29.4 Å². The Balaban J connectivity index is 1.06. The van der Waals surface area contributed by atoms with Crippen molar-refractivity contribution in [2.45, 2.75) is 298 Å². The van der Waals surface area contributed by atoms with Gasteiger partial charge in [-0.05, 0) is 6.92 Å². The average Bonchev–Trinajstić information content (AvgIpc) is 0.757. The van der Waals surface area contributed by atoms with Gasteiger partial charge in [-0.3, -0.25) is 19.2 Å². The number of amides is 4. The Labute approximate surface area is 634 Å². The third kappa shape index (κ3) is 19.9. The highest BCUT2D eigenvalue weighted by Crippen LogP contribution is 2.40. The summed E-state index contributed by atoms with van der Waals surface area (Å²) in [7, 11) is 0. The van der Waals surface area contributed by atoms with Crippen LogP contribution in [0.15, 0.2) is 11.7 Å². The van der Waals surface area contributed by atoms with Gasteiger partial charge in [0.15, 0.2) is 56.2 Å². The molecule has 112 heavy (non-hydrogen) atoms. The molecule has 9 aliphatic heterocycles. The molecule has 0 aromatic carbocycles. The van der Waals surface area contributed by atoms with Gasteiger partial charge < -0.3 is 224 Å². The van der Waals surface area contributed by atoms with Crippen LogP contribution in [-0.4, -0.2) is 469 Å². The topological polar surface area (TPSA) is 759 Å². The molecule has 9 aliphatic rings. The standard InChI is InChI=1S/C63H104N4O45/c1-15-29(64-16(2)76)38(85)49(24(10-72)97-15)106-56-30(65-17(3)77)39(86)52(27(13-75)102-56)109-61-48(95)53(110-63-55(45(92)36(83)23(9-71)101-63)112-58-32(67-19(5)79)41(88)51(26(12-74)104-58)108-60-47(94)43(90)34(81)21(7-69)99-60)37(84)28(105-61)14-96-62-54(44(91)35(82)22(8-70)100-62)111-57-31(66-18(4)78)40(87)50(25(11-73)103-57)107-59-46(93)42(89)33(80)20(6-68)98-59/h15,20-46,48-59,61-63,68-75,80-95H,6-14H2,1-5H3,(H,64,76)(H,65,77)(H,66,78)(H,67,79)/t15-,20?,21?,22?,23?,24?,25?,26?,27?,28?,29?,30?,31?,32?,33-,34-,35+,36+,37+,38?,39?,40?,41?,42?,43?,44?,45?,46?,48?,49+,50+,51+,52+,53?,54?,55?,56-,57-,58-,59-,61-,62-,63+/m0/s1. The number of rotatable bonds is 29. The molecule has 8 fully saturated rings. The summed E-state index contributed by atoms with van der Waals surface area (Å²) < 4.78 is 101. The molecule has 0 saturated carbocycles. The number of ether oxygens (including phenoxy) is 17. The van der Waals surface area contributed by atoms with Crippen LogP contribution in [0.4, 0.5) is 0 Å². The maximum absolute atomic E-state index is 13.0. The number of nitrogens with one attached hydrogen (secondary N) is 4. The van der Waals surface area contributed by atoms with Gasteiger partial charge in [0.1, 0.15) is 195 Å². The van der Waals surface area contributed by atoms with Gasteiger partial charge in [0.05, 0.1) is 71.6 Å². The second-order valence-electron chi connectivity index (χ2n) is 28.2. The molecule has 43 atom stereocenters. The third-order valence-corrected chi connectivity index (χ3v) is 20.4. The molecule has 9 heterocycles. The highest BCUT2D eigenvalue weighted by molar-refractivity contribution is 5.74. The lowest BCUT2D eigenvalue weighted by molar-refractivity contribution is -0.396. The molecule has 4 amide bonds. The minimum absolute atomic E-state index is 0.629. The highest BCUT2D eigenvalue weighted by atomic mass is 16.8. The van der Waals surface area contributed by atoms with Gasteiger partial charge in [-0.2, -0.15) is 0 Å². The smallest absolute Gasteiger partial charge is 0.322 e. The number of hydrogen-bond acceptors (Lipinski definition) is 45. The summed E-state index contributed by atoms with van der Waals surface area (Å²) in [5, 5.41) is 276. The van der Waals surface area contributed by atoms with Crippen LogP contribution in [0.3, 0.4) is 0 Å². The van der Waals surface area contributed by atoms with Gasteiger partial charge in [0, 0.05) is 27.7 Å². The van der Waals surface area contributed by atoms with Crippen LogP contribution in [0.2, 0.25) is 0 Å². The largest absolute Gasteiger partial charge is 0.504 e. The summed E-state index contributed by atoms with van der Waals surface area (Å²) in [5.74, 6) is -5.61. The molecule has 28 N–H and O–H groups in total. The molecule has 0 aromatic heterocycles. The van der Waals surface area contributed by atoms with Gasteiger partial charge >= 0.3 is 5.95 Å². The Bertz CT molecular complexity index is 3050. The normalized spacial score (nSPS) is 47.5. The first-order chi connectivity index (χ1) is 53.0. The van der Waals surface area contributed by atoms with Gasteiger partial charge in [-0.25, -0.2) is 0 Å². The van der Waals surface area contributed by atoms with Crippen LogP contribution < -0.4 is 21.3 Å². The molecule has 0 aromatic rings. The fourth-order valence-corrected chi connectivity index (χ4v) is 14.5. The van der Waals surface area contributed by atoms with E-state index in [2.05, 4.69) is 21.3 Å². The van der Waals surface area contributed by atoms with Gasteiger partial charge in [0.25, 0.3) is 0 Å². The molecule has 26 unspecified atom stereocenters. The first-order valence-corrected chi connectivity index (χ1v) is 35.7. The van der Waals surface area contributed by atoms with Crippen molar-refractivity contribution in [1.82, 2.24) is 21.3 Å². The molecule has 0 aliphatic carbocycles. The van der Waals surface area contributed by atoms with Crippen LogP contribution >= 0.6 is 0 Å².